The monoisotopic (exact) mass is 713 g/mol. The highest BCUT2D eigenvalue weighted by atomic mass is 32.2. The van der Waals surface area contributed by atoms with Crippen LogP contribution in [0.1, 0.15) is 21.1 Å². The zero-order chi connectivity index (χ0) is 33.2. The largest absolute Gasteiger partial charge is 0.477 e. The minimum atomic E-state index is -1.29. The molecule has 1 fully saturated rings. The summed E-state index contributed by atoms with van der Waals surface area (Å²) < 4.78 is 2.16. The molecule has 2 aliphatic heterocycles. The number of thiazole rings is 2. The van der Waals surface area contributed by atoms with Gasteiger partial charge < -0.3 is 30.7 Å². The molecular formula is C27H23N9O7S4. The molecule has 6 rings (SSSR count). The van der Waals surface area contributed by atoms with Crippen LogP contribution in [0.2, 0.25) is 0 Å². The number of thioether (sulfide) groups is 2. The number of fused-ring (bicyclic) bond motifs is 1. The third-order valence-corrected chi connectivity index (χ3v) is 11.2. The van der Waals surface area contributed by atoms with Gasteiger partial charge in [0.1, 0.15) is 34.8 Å². The van der Waals surface area contributed by atoms with Gasteiger partial charge in [0.15, 0.2) is 15.2 Å². The number of hydrogen-bond acceptors (Lipinski definition) is 15. The number of carboxylic acids is 2. The number of hydrogen-bond donors (Lipinski definition) is 4. The number of nitrogens with zero attached hydrogens (tertiary/aromatic N) is 7. The summed E-state index contributed by atoms with van der Waals surface area (Å²) in [5, 5.41) is 27.3. The first-order valence-corrected chi connectivity index (χ1v) is 17.2. The van der Waals surface area contributed by atoms with E-state index < -0.39 is 35.2 Å². The molecule has 0 unspecified atom stereocenters. The minimum absolute atomic E-state index is 0.0582. The highest BCUT2D eigenvalue weighted by Gasteiger charge is 2.54. The van der Waals surface area contributed by atoms with Crippen LogP contribution >= 0.6 is 46.2 Å². The summed E-state index contributed by atoms with van der Waals surface area (Å²) >= 11 is 4.57. The van der Waals surface area contributed by atoms with E-state index in [0.29, 0.717) is 21.3 Å². The molecule has 4 aromatic heterocycles. The molecular weight excluding hydrogens is 691 g/mol. The first-order valence-electron chi connectivity index (χ1n) is 13.5. The van der Waals surface area contributed by atoms with E-state index in [4.69, 9.17) is 10.6 Å². The molecule has 2 amide bonds. The van der Waals surface area contributed by atoms with Gasteiger partial charge in [-0.2, -0.15) is 0 Å². The molecule has 0 saturated carbocycles. The lowest BCUT2D eigenvalue weighted by atomic mass is 10.0. The summed E-state index contributed by atoms with van der Waals surface area (Å²) in [4.78, 5) is 73.6. The average Bonchev–Trinajstić information content (AvgIpc) is 3.81. The fourth-order valence-corrected chi connectivity index (χ4v) is 8.84. The van der Waals surface area contributed by atoms with Crippen molar-refractivity contribution in [3.8, 4) is 11.3 Å². The summed E-state index contributed by atoms with van der Waals surface area (Å²) in [5.41, 5.74) is 7.78. The van der Waals surface area contributed by atoms with Gasteiger partial charge >= 0.3 is 11.9 Å². The van der Waals surface area contributed by atoms with Crippen molar-refractivity contribution >= 4 is 80.8 Å². The first-order chi connectivity index (χ1) is 22.6. The molecule has 20 heteroatoms. The van der Waals surface area contributed by atoms with Gasteiger partial charge in [-0.1, -0.05) is 16.9 Å². The van der Waals surface area contributed by atoms with Crippen molar-refractivity contribution in [1.82, 2.24) is 34.7 Å². The number of pyridine rings is 1. The van der Waals surface area contributed by atoms with Gasteiger partial charge in [-0.05, 0) is 17.7 Å². The van der Waals surface area contributed by atoms with Crippen molar-refractivity contribution in [1.29, 1.82) is 0 Å². The Kier molecular flexibility index (Phi) is 9.25. The standard InChI is InChI=1S/C27H23N9O7S4/c1-43-34-17(16-10-45-26(28)31-16)21(37)33-18-22(38)36-19(24(39)40)13(8-44-23(18)36)9-46-27-32-15(20(47-27)25(41)42)7-35-6-14(30-11-35)12-3-2-4-29-5-12/h2-6,10-11,18,23H,7-9H2,1H3,(H2,28,31)(H,33,37)(H,39,40)(H,41,42)/b34-17+/t18-,23-/m1/s1. The maximum absolute atomic E-state index is 13.2. The first kappa shape index (κ1) is 32.2. The molecule has 16 nitrogen and oxygen atoms in total. The Balaban J connectivity index is 1.15. The fraction of sp³-hybridized carbons (Fsp3) is 0.222. The zero-order valence-corrected chi connectivity index (χ0v) is 27.4. The summed E-state index contributed by atoms with van der Waals surface area (Å²) in [6, 6.07) is 2.65. The second kappa shape index (κ2) is 13.5. The number of carboxylic acid groups (broad SMARTS) is 2. The Labute approximate surface area is 281 Å². The topological polar surface area (TPSA) is 228 Å². The maximum atomic E-state index is 13.2. The smallest absolute Gasteiger partial charge is 0.352 e. The van der Waals surface area contributed by atoms with Gasteiger partial charge in [0.25, 0.3) is 11.8 Å². The maximum Gasteiger partial charge on any atom is 0.352 e. The number of aromatic nitrogens is 5. The van der Waals surface area contributed by atoms with Gasteiger partial charge in [-0.25, -0.2) is 24.5 Å². The van der Waals surface area contributed by atoms with E-state index in [-0.39, 0.29) is 45.2 Å². The summed E-state index contributed by atoms with van der Waals surface area (Å²) in [6.45, 7) is 0.161. The number of rotatable bonds is 12. The minimum Gasteiger partial charge on any atom is -0.477 e. The Morgan fingerprint density at radius 2 is 2.09 bits per heavy atom. The molecule has 1 saturated heterocycles. The number of oxime groups is 1. The average molecular weight is 714 g/mol. The lowest BCUT2D eigenvalue weighted by molar-refractivity contribution is -0.150. The van der Waals surface area contributed by atoms with Gasteiger partial charge in [0, 0.05) is 41.0 Å². The van der Waals surface area contributed by atoms with Crippen LogP contribution in [0.5, 0.6) is 0 Å². The van der Waals surface area contributed by atoms with E-state index in [1.54, 1.807) is 35.6 Å². The number of carbonyl (C=O) groups excluding carboxylic acids is 2. The van der Waals surface area contributed by atoms with E-state index in [1.165, 1.54) is 36.0 Å². The molecule has 0 radical (unpaired) electrons. The van der Waals surface area contributed by atoms with Crippen LogP contribution in [-0.4, -0.2) is 99.1 Å². The van der Waals surface area contributed by atoms with Crippen molar-refractivity contribution in [2.24, 2.45) is 5.16 Å². The molecule has 242 valence electrons. The van der Waals surface area contributed by atoms with E-state index in [2.05, 4.69) is 30.4 Å². The summed E-state index contributed by atoms with van der Waals surface area (Å²) in [7, 11) is 1.26. The van der Waals surface area contributed by atoms with Gasteiger partial charge in [-0.3, -0.25) is 19.5 Å². The molecule has 0 aromatic carbocycles. The second-order valence-corrected chi connectivity index (χ2v) is 14.1. The number of aromatic carboxylic acids is 1. The van der Waals surface area contributed by atoms with Gasteiger partial charge in [-0.15, -0.1) is 34.4 Å². The third-order valence-electron chi connectivity index (χ3n) is 6.86. The van der Waals surface area contributed by atoms with Crippen molar-refractivity contribution in [3.63, 3.8) is 0 Å². The van der Waals surface area contributed by atoms with E-state index in [1.807, 2.05) is 6.07 Å². The number of β-lactam (4-membered cyclic amide) rings is 1. The summed E-state index contributed by atoms with van der Waals surface area (Å²) in [5.74, 6) is -3.33. The van der Waals surface area contributed by atoms with Crippen molar-refractivity contribution in [2.75, 3.05) is 24.3 Å². The lowest BCUT2D eigenvalue weighted by Crippen LogP contribution is -2.71. The van der Waals surface area contributed by atoms with Crippen LogP contribution in [0, 0.1) is 0 Å². The Morgan fingerprint density at radius 1 is 1.26 bits per heavy atom. The molecule has 0 aliphatic carbocycles. The molecule has 2 atom stereocenters. The molecule has 4 aromatic rings. The molecule has 0 bridgehead atoms. The molecule has 5 N–H and O–H groups in total. The molecule has 2 aliphatic rings. The van der Waals surface area contributed by atoms with Crippen LogP contribution < -0.4 is 11.1 Å². The van der Waals surface area contributed by atoms with Crippen LogP contribution in [0.3, 0.4) is 0 Å². The number of nitrogen functional groups attached to an aromatic ring is 1. The molecule has 6 heterocycles. The van der Waals surface area contributed by atoms with Crippen LogP contribution in [0.4, 0.5) is 5.13 Å². The Bertz CT molecular complexity index is 1940. The lowest BCUT2D eigenvalue weighted by Gasteiger charge is -2.49. The number of nitrogens with two attached hydrogens (primary N) is 1. The number of carbonyl (C=O) groups is 4. The number of nitrogens with one attached hydrogen (secondary N) is 1. The van der Waals surface area contributed by atoms with E-state index in [0.717, 1.165) is 33.1 Å². The highest BCUT2D eigenvalue weighted by Crippen LogP contribution is 2.42. The van der Waals surface area contributed by atoms with E-state index in [9.17, 15) is 29.4 Å². The highest BCUT2D eigenvalue weighted by molar-refractivity contribution is 8.01. The SMILES string of the molecule is CO/N=C(/C(=O)N[C@@H]1C(=O)N2C(C(=O)O)=C(CSc3nc(Cn4cnc(-c5cccnc5)c4)c(C(=O)O)s3)CS[C@H]12)c1csc(N)n1. The second-order valence-electron chi connectivity index (χ2n) is 9.83. The van der Waals surface area contributed by atoms with Crippen molar-refractivity contribution in [2.45, 2.75) is 22.3 Å². The number of imidazole rings is 1. The van der Waals surface area contributed by atoms with Crippen LogP contribution in [-0.2, 0) is 25.8 Å². The number of amides is 2. The fourth-order valence-electron chi connectivity index (χ4n) is 4.79. The zero-order valence-electron chi connectivity index (χ0n) is 24.1. The number of anilines is 1. The predicted octanol–water partition coefficient (Wildman–Crippen LogP) is 2.07. The Hall–Kier alpha value is -4.79. The Morgan fingerprint density at radius 3 is 2.77 bits per heavy atom. The summed E-state index contributed by atoms with van der Waals surface area (Å²) in [6.07, 6.45) is 6.69. The molecule has 47 heavy (non-hydrogen) atoms. The van der Waals surface area contributed by atoms with Gasteiger partial charge in [0.05, 0.1) is 24.3 Å². The van der Waals surface area contributed by atoms with Crippen LogP contribution in [0.25, 0.3) is 11.3 Å². The van der Waals surface area contributed by atoms with Crippen molar-refractivity contribution in [3.05, 3.63) is 70.0 Å². The van der Waals surface area contributed by atoms with Crippen molar-refractivity contribution < 1.29 is 34.2 Å². The number of aliphatic carboxylic acids is 1. The predicted molar refractivity (Wildman–Crippen MR) is 174 cm³/mol. The normalized spacial score (nSPS) is 17.7. The molecule has 0 spiro atoms. The van der Waals surface area contributed by atoms with Gasteiger partial charge in [0.2, 0.25) is 0 Å². The van der Waals surface area contributed by atoms with Crippen LogP contribution in [0.15, 0.2) is 63.2 Å². The third kappa shape index (κ3) is 6.57. The quantitative estimate of drug-likeness (QED) is 0.0713. The van der Waals surface area contributed by atoms with E-state index >= 15 is 0 Å².